The highest BCUT2D eigenvalue weighted by Gasteiger charge is 2.54. The van der Waals surface area contributed by atoms with Crippen molar-refractivity contribution in [2.75, 3.05) is 17.2 Å². The Labute approximate surface area is 296 Å². The number of nitrogens with zero attached hydrogens (tertiary/aromatic N) is 7. The Hall–Kier alpha value is -5.13. The molecule has 0 aliphatic carbocycles. The second-order valence-corrected chi connectivity index (χ2v) is 14.1. The number of hydrogen-bond acceptors (Lipinski definition) is 17. The van der Waals surface area contributed by atoms with E-state index in [1.165, 1.54) is 19.2 Å². The number of nitrogen functional groups attached to an aromatic ring is 1. The van der Waals surface area contributed by atoms with Crippen LogP contribution in [0, 0.1) is 0 Å². The molecule has 2 atom stereocenters. The summed E-state index contributed by atoms with van der Waals surface area (Å²) in [6.45, 7) is 2.41. The second-order valence-electron chi connectivity index (χ2n) is 10.8. The summed E-state index contributed by atoms with van der Waals surface area (Å²) in [7, 11) is 0. The maximum Gasteiger partial charge on any atom is 0.352 e. The van der Waals surface area contributed by atoms with Gasteiger partial charge in [-0.25, -0.2) is 14.6 Å². The minimum absolute atomic E-state index is 0.0324. The Balaban J connectivity index is 1.36. The molecule has 2 aliphatic rings. The first-order valence-corrected chi connectivity index (χ1v) is 17.1. The number of anilines is 1. The Bertz CT molecular complexity index is 2000. The van der Waals surface area contributed by atoms with Gasteiger partial charge in [-0.15, -0.1) is 28.2 Å². The number of benzene rings is 1. The number of carbonyl (C=O) groups excluding carboxylic acids is 2. The summed E-state index contributed by atoms with van der Waals surface area (Å²) in [6, 6.07) is -0.175. The normalized spacial score (nSPS) is 17.6. The highest BCUT2D eigenvalue weighted by molar-refractivity contribution is 8.01. The number of fused-ring (bicyclic) bond motifs is 1. The molecule has 1 aromatic carbocycles. The lowest BCUT2D eigenvalue weighted by Crippen LogP contribution is -2.71. The third-order valence-corrected chi connectivity index (χ3v) is 10.5. The standard InChI is InChI=1S/C26H24ClN9O11S3/c1-26(2,23(45)46)47-32-15(10-7-49-24(28)29-10)19(41)30-16-20(42)35-17(22(43)44)8(5-48-21(16)35)6-50-25-31-33-34-36(25)11-4-12(37)18(40)14(27)9(11)3-13(38)39/h4,7,16,21,37,40H,3,5-6H2,1-2H3,(H2,28,29)(H,30,41)(H,38,39)(H,43,44)(H,45,46)/b32-15+/t16?,21-/m1/s1. The summed E-state index contributed by atoms with van der Waals surface area (Å²) in [4.78, 5) is 72.1. The van der Waals surface area contributed by atoms with E-state index in [0.29, 0.717) is 5.57 Å². The van der Waals surface area contributed by atoms with E-state index in [4.69, 9.17) is 22.2 Å². The number of phenolic OH excluding ortho intramolecular Hbond substituents is 2. The van der Waals surface area contributed by atoms with Crippen LogP contribution in [0.4, 0.5) is 5.13 Å². The van der Waals surface area contributed by atoms with Crippen molar-refractivity contribution >= 4 is 87.0 Å². The van der Waals surface area contributed by atoms with Crippen molar-refractivity contribution in [2.45, 2.75) is 42.4 Å². The Morgan fingerprint density at radius 2 is 1.96 bits per heavy atom. The number of carboxylic acid groups (broad SMARTS) is 3. The molecule has 4 heterocycles. The number of hydrogen-bond donors (Lipinski definition) is 7. The van der Waals surface area contributed by atoms with Crippen LogP contribution >= 0.6 is 46.5 Å². The maximum atomic E-state index is 13.3. The summed E-state index contributed by atoms with van der Waals surface area (Å²) in [5.41, 5.74) is 3.16. The summed E-state index contributed by atoms with van der Waals surface area (Å²) in [5, 5.41) is 66.8. The van der Waals surface area contributed by atoms with Gasteiger partial charge in [0.2, 0.25) is 10.8 Å². The van der Waals surface area contributed by atoms with E-state index in [2.05, 4.69) is 31.0 Å². The molecule has 1 fully saturated rings. The number of phenols is 2. The van der Waals surface area contributed by atoms with Crippen LogP contribution < -0.4 is 11.1 Å². The monoisotopic (exact) mass is 769 g/mol. The summed E-state index contributed by atoms with van der Waals surface area (Å²) < 4.78 is 1.06. The number of thioether (sulfide) groups is 2. The number of rotatable bonds is 13. The zero-order valence-electron chi connectivity index (χ0n) is 25.4. The number of oxime groups is 1. The predicted octanol–water partition coefficient (Wildman–Crippen LogP) is 0.508. The highest BCUT2D eigenvalue weighted by Crippen LogP contribution is 2.43. The third kappa shape index (κ3) is 6.97. The van der Waals surface area contributed by atoms with E-state index < -0.39 is 75.4 Å². The number of halogens is 1. The highest BCUT2D eigenvalue weighted by atomic mass is 35.5. The Kier molecular flexibility index (Phi) is 10.1. The van der Waals surface area contributed by atoms with E-state index in [-0.39, 0.29) is 44.4 Å². The number of β-lactam (4-membered cyclic amide) rings is 1. The van der Waals surface area contributed by atoms with Crippen molar-refractivity contribution in [3.63, 3.8) is 0 Å². The van der Waals surface area contributed by atoms with E-state index in [9.17, 15) is 49.5 Å². The number of aromatic hydroxyl groups is 2. The molecule has 0 bridgehead atoms. The first-order chi connectivity index (χ1) is 23.5. The van der Waals surface area contributed by atoms with Crippen molar-refractivity contribution in [3.8, 4) is 17.2 Å². The fourth-order valence-electron chi connectivity index (χ4n) is 4.54. The van der Waals surface area contributed by atoms with Gasteiger partial charge in [0.05, 0.1) is 17.1 Å². The summed E-state index contributed by atoms with van der Waals surface area (Å²) in [5.74, 6) is -7.17. The molecule has 20 nitrogen and oxygen atoms in total. The molecule has 8 N–H and O–H groups in total. The van der Waals surface area contributed by atoms with E-state index in [1.54, 1.807) is 0 Å². The Morgan fingerprint density at radius 3 is 2.58 bits per heavy atom. The van der Waals surface area contributed by atoms with Crippen LogP contribution in [0.3, 0.4) is 0 Å². The van der Waals surface area contributed by atoms with Crippen molar-refractivity contribution in [1.82, 2.24) is 35.4 Å². The minimum Gasteiger partial charge on any atom is -0.504 e. The van der Waals surface area contributed by atoms with Gasteiger partial charge in [-0.3, -0.25) is 19.3 Å². The van der Waals surface area contributed by atoms with Crippen LogP contribution in [0.1, 0.15) is 25.1 Å². The molecule has 1 unspecified atom stereocenters. The van der Waals surface area contributed by atoms with Gasteiger partial charge in [-0.1, -0.05) is 28.5 Å². The van der Waals surface area contributed by atoms with Gasteiger partial charge in [0.15, 0.2) is 22.3 Å². The SMILES string of the molecule is CC(C)(O/N=C(/C(=O)NC1C(=O)N2C(C(=O)O)=C(CSc3nnnn3-c3cc(O)c(O)c(Cl)c3CC(=O)O)CS[C@H]12)c1csc(N)n1)C(=O)O. The maximum absolute atomic E-state index is 13.3. The molecule has 50 heavy (non-hydrogen) atoms. The number of amides is 2. The average Bonchev–Trinajstić information content (AvgIpc) is 3.70. The quantitative estimate of drug-likeness (QED) is 0.0409. The van der Waals surface area contributed by atoms with E-state index >= 15 is 0 Å². The predicted molar refractivity (Wildman–Crippen MR) is 175 cm³/mol. The number of tetrazole rings is 1. The van der Waals surface area contributed by atoms with Gasteiger partial charge in [0, 0.05) is 28.5 Å². The zero-order chi connectivity index (χ0) is 36.7. The summed E-state index contributed by atoms with van der Waals surface area (Å²) >= 11 is 9.18. The smallest absolute Gasteiger partial charge is 0.352 e. The van der Waals surface area contributed by atoms with Gasteiger partial charge in [0.1, 0.15) is 22.8 Å². The molecular weight excluding hydrogens is 746 g/mol. The Morgan fingerprint density at radius 1 is 1.24 bits per heavy atom. The third-order valence-electron chi connectivity index (χ3n) is 7.07. The van der Waals surface area contributed by atoms with Crippen molar-refractivity contribution in [2.24, 2.45) is 5.16 Å². The van der Waals surface area contributed by atoms with Crippen molar-refractivity contribution in [3.05, 3.63) is 39.0 Å². The van der Waals surface area contributed by atoms with Gasteiger partial charge in [-0.05, 0) is 29.8 Å². The molecule has 0 radical (unpaired) electrons. The van der Waals surface area contributed by atoms with Gasteiger partial charge >= 0.3 is 17.9 Å². The molecule has 1 saturated heterocycles. The molecule has 5 rings (SSSR count). The van der Waals surface area contributed by atoms with Crippen molar-refractivity contribution < 1.29 is 54.3 Å². The largest absolute Gasteiger partial charge is 0.504 e. The topological polar surface area (TPSA) is 306 Å². The molecule has 264 valence electrons. The van der Waals surface area contributed by atoms with E-state index in [0.717, 1.165) is 50.5 Å². The fraction of sp³-hybridized carbons (Fsp3) is 0.308. The van der Waals surface area contributed by atoms with Gasteiger partial charge in [0.25, 0.3) is 11.8 Å². The molecule has 3 aromatic rings. The van der Waals surface area contributed by atoms with Crippen LogP contribution in [-0.2, 0) is 35.2 Å². The van der Waals surface area contributed by atoms with Crippen LogP contribution in [0.25, 0.3) is 5.69 Å². The van der Waals surface area contributed by atoms with Crippen LogP contribution in [0.5, 0.6) is 11.5 Å². The number of nitrogens with two attached hydrogens (primary N) is 1. The van der Waals surface area contributed by atoms with Gasteiger partial charge < -0.3 is 41.4 Å². The van der Waals surface area contributed by atoms with Crippen molar-refractivity contribution in [1.29, 1.82) is 0 Å². The molecule has 0 spiro atoms. The fourth-order valence-corrected chi connectivity index (χ4v) is 7.71. The molecule has 0 saturated carbocycles. The van der Waals surface area contributed by atoms with Crippen LogP contribution in [0.15, 0.2) is 33.0 Å². The second kappa shape index (κ2) is 14.0. The first kappa shape index (κ1) is 36.2. The lowest BCUT2D eigenvalue weighted by molar-refractivity contribution is -0.161. The number of thiazole rings is 1. The minimum atomic E-state index is -1.83. The molecular formula is C26H24ClN9O11S3. The lowest BCUT2D eigenvalue weighted by Gasteiger charge is -2.49. The zero-order valence-corrected chi connectivity index (χ0v) is 28.6. The number of aliphatic carboxylic acids is 3. The summed E-state index contributed by atoms with van der Waals surface area (Å²) in [6.07, 6.45) is -0.661. The average molecular weight is 770 g/mol. The first-order valence-electron chi connectivity index (χ1n) is 13.8. The molecule has 24 heteroatoms. The number of aromatic nitrogens is 5. The van der Waals surface area contributed by atoms with E-state index in [1.807, 2.05) is 0 Å². The number of carboxylic acids is 3. The van der Waals surface area contributed by atoms with Crippen LogP contribution in [0.2, 0.25) is 5.02 Å². The molecule has 2 aromatic heterocycles. The van der Waals surface area contributed by atoms with Crippen LogP contribution in [-0.4, -0.2) is 120 Å². The van der Waals surface area contributed by atoms with Gasteiger partial charge in [-0.2, -0.15) is 4.68 Å². The number of carbonyl (C=O) groups is 5. The number of nitrogens with one attached hydrogen (secondary N) is 1. The lowest BCUT2D eigenvalue weighted by atomic mass is 10.0. The molecule has 2 amide bonds. The molecule has 2 aliphatic heterocycles.